The molecule has 1 aliphatic heterocycles. The lowest BCUT2D eigenvalue weighted by Gasteiger charge is -2.37. The Hall–Kier alpha value is -1.55. The van der Waals surface area contributed by atoms with Crippen LogP contribution in [-0.2, 0) is 28.6 Å². The molecule has 2 rings (SSSR count). The van der Waals surface area contributed by atoms with Gasteiger partial charge in [0.25, 0.3) is 0 Å². The Bertz CT molecular complexity index is 475. The van der Waals surface area contributed by atoms with Crippen molar-refractivity contribution >= 4 is 17.7 Å². The number of ketones is 1. The van der Waals surface area contributed by atoms with Gasteiger partial charge in [0.1, 0.15) is 12.7 Å². The summed E-state index contributed by atoms with van der Waals surface area (Å²) < 4.78 is 14.3. The molecule has 0 aromatic heterocycles. The number of esters is 2. The van der Waals surface area contributed by atoms with E-state index < -0.39 is 54.0 Å². The van der Waals surface area contributed by atoms with Gasteiger partial charge in [0, 0.05) is 13.8 Å². The molecule has 5 atom stereocenters. The molecule has 3 N–H and O–H groups in total. The summed E-state index contributed by atoms with van der Waals surface area (Å²) in [5.74, 6) is -2.62. The lowest BCUT2D eigenvalue weighted by molar-refractivity contribution is -0.290. The smallest absolute Gasteiger partial charge is 0.303 e. The first-order valence-electron chi connectivity index (χ1n) is 5.79. The van der Waals surface area contributed by atoms with Gasteiger partial charge < -0.3 is 29.5 Å². The third-order valence-electron chi connectivity index (χ3n) is 3.37. The summed E-state index contributed by atoms with van der Waals surface area (Å²) in [6, 6.07) is 0. The summed E-state index contributed by atoms with van der Waals surface area (Å²) in [5.41, 5.74) is -5.01. The number of Topliss-reactive ketones (excluding diaryl/α,β-unsaturated/α-hetero) is 1. The van der Waals surface area contributed by atoms with E-state index >= 15 is 0 Å². The highest BCUT2D eigenvalue weighted by Gasteiger charge is 2.88. The van der Waals surface area contributed by atoms with Crippen LogP contribution < -0.4 is 0 Å². The molecule has 2 fully saturated rings. The molecule has 112 valence electrons. The first-order valence-corrected chi connectivity index (χ1v) is 5.79. The third-order valence-corrected chi connectivity index (χ3v) is 3.37. The Morgan fingerprint density at radius 1 is 1.25 bits per heavy atom. The molecule has 20 heavy (non-hydrogen) atoms. The van der Waals surface area contributed by atoms with Crippen molar-refractivity contribution < 1.29 is 43.9 Å². The van der Waals surface area contributed by atoms with Crippen LogP contribution >= 0.6 is 0 Å². The van der Waals surface area contributed by atoms with Crippen LogP contribution in [0.25, 0.3) is 0 Å². The Morgan fingerprint density at radius 2 is 1.85 bits per heavy atom. The molecular formula is C11H14O9. The topological polar surface area (TPSA) is 140 Å². The highest BCUT2D eigenvalue weighted by atomic mass is 16.7. The van der Waals surface area contributed by atoms with Gasteiger partial charge in [-0.15, -0.1) is 0 Å². The first-order chi connectivity index (χ1) is 9.15. The number of hydrogen-bond acceptors (Lipinski definition) is 9. The van der Waals surface area contributed by atoms with Gasteiger partial charge >= 0.3 is 11.9 Å². The predicted molar refractivity (Wildman–Crippen MR) is 58.0 cm³/mol. The maximum absolute atomic E-state index is 11.6. The highest BCUT2D eigenvalue weighted by Crippen LogP contribution is 2.54. The highest BCUT2D eigenvalue weighted by molar-refractivity contribution is 6.15. The van der Waals surface area contributed by atoms with Crippen LogP contribution in [0.1, 0.15) is 13.8 Å². The molecule has 9 nitrogen and oxygen atoms in total. The molecule has 1 saturated carbocycles. The van der Waals surface area contributed by atoms with E-state index in [2.05, 4.69) is 4.74 Å². The lowest BCUT2D eigenvalue weighted by atomic mass is 9.98. The van der Waals surface area contributed by atoms with Gasteiger partial charge in [-0.05, 0) is 0 Å². The minimum atomic E-state index is -2.54. The van der Waals surface area contributed by atoms with Crippen molar-refractivity contribution in [1.29, 1.82) is 0 Å². The number of hydrogen-bond donors (Lipinski definition) is 3. The Morgan fingerprint density at radius 3 is 2.35 bits per heavy atom. The van der Waals surface area contributed by atoms with Crippen molar-refractivity contribution in [2.45, 2.75) is 43.5 Å². The van der Waals surface area contributed by atoms with Crippen LogP contribution in [0.4, 0.5) is 0 Å². The van der Waals surface area contributed by atoms with E-state index in [0.717, 1.165) is 13.8 Å². The van der Waals surface area contributed by atoms with E-state index in [1.807, 2.05) is 0 Å². The summed E-state index contributed by atoms with van der Waals surface area (Å²) in [6.45, 7) is 1.69. The number of aliphatic hydroxyl groups excluding tert-OH is 1. The molecule has 0 unspecified atom stereocenters. The van der Waals surface area contributed by atoms with Crippen LogP contribution in [0.3, 0.4) is 0 Å². The number of rotatable bonds is 3. The van der Waals surface area contributed by atoms with Crippen LogP contribution in [-0.4, -0.2) is 69.3 Å². The summed E-state index contributed by atoms with van der Waals surface area (Å²) in [7, 11) is 0. The summed E-state index contributed by atoms with van der Waals surface area (Å²) >= 11 is 0. The molecule has 9 heteroatoms. The number of ether oxygens (including phenoxy) is 3. The average molecular weight is 290 g/mol. The summed E-state index contributed by atoms with van der Waals surface area (Å²) in [6.07, 6.45) is -4.87. The molecule has 0 aromatic carbocycles. The zero-order valence-corrected chi connectivity index (χ0v) is 10.7. The Balaban J connectivity index is 2.26. The molecule has 1 saturated heterocycles. The van der Waals surface area contributed by atoms with Crippen LogP contribution in [0, 0.1) is 0 Å². The van der Waals surface area contributed by atoms with E-state index in [1.54, 1.807) is 0 Å². The SMILES string of the molecule is CC(=O)OC[C@H]1O[C@@H](O)[C@]2(O)C(=O)[C@]2(O)[C@@H]1OC(C)=O. The number of carbonyl (C=O) groups excluding carboxylic acids is 3. The minimum Gasteiger partial charge on any atom is -0.463 e. The molecule has 0 bridgehead atoms. The fraction of sp³-hybridized carbons (Fsp3) is 0.727. The molecular weight excluding hydrogens is 276 g/mol. The van der Waals surface area contributed by atoms with Gasteiger partial charge in [-0.2, -0.15) is 0 Å². The molecule has 0 amide bonds. The van der Waals surface area contributed by atoms with Gasteiger partial charge in [-0.1, -0.05) is 0 Å². The maximum atomic E-state index is 11.6. The molecule has 1 aliphatic carbocycles. The van der Waals surface area contributed by atoms with Gasteiger partial charge in [0.2, 0.25) is 17.0 Å². The van der Waals surface area contributed by atoms with Crippen LogP contribution in [0.15, 0.2) is 0 Å². The third kappa shape index (κ3) is 1.82. The number of aliphatic hydroxyl groups is 3. The van der Waals surface area contributed by atoms with Crippen molar-refractivity contribution in [3.63, 3.8) is 0 Å². The monoisotopic (exact) mass is 290 g/mol. The van der Waals surface area contributed by atoms with Crippen LogP contribution in [0.5, 0.6) is 0 Å². The second kappa shape index (κ2) is 4.48. The Kier molecular flexibility index (Phi) is 3.33. The summed E-state index contributed by atoms with van der Waals surface area (Å²) in [4.78, 5) is 33.4. The Labute approximate surface area is 113 Å². The number of carbonyl (C=O) groups is 3. The van der Waals surface area contributed by atoms with E-state index in [1.165, 1.54) is 0 Å². The zero-order chi connectivity index (χ0) is 15.3. The predicted octanol–water partition coefficient (Wildman–Crippen LogP) is -2.76. The first kappa shape index (κ1) is 14.9. The van der Waals surface area contributed by atoms with Gasteiger partial charge in [0.05, 0.1) is 0 Å². The minimum absolute atomic E-state index is 0.462. The molecule has 2 aliphatic rings. The molecule has 0 spiro atoms. The quantitative estimate of drug-likeness (QED) is 0.471. The largest absolute Gasteiger partial charge is 0.463 e. The van der Waals surface area contributed by atoms with Crippen molar-refractivity contribution in [3.05, 3.63) is 0 Å². The zero-order valence-electron chi connectivity index (χ0n) is 10.7. The van der Waals surface area contributed by atoms with Crippen molar-refractivity contribution in [1.82, 2.24) is 0 Å². The fourth-order valence-electron chi connectivity index (χ4n) is 2.31. The average Bonchev–Trinajstić information content (AvgIpc) is 2.80. The second-order valence-electron chi connectivity index (χ2n) is 4.72. The lowest BCUT2D eigenvalue weighted by Crippen LogP contribution is -2.60. The van der Waals surface area contributed by atoms with Crippen molar-refractivity contribution in [2.24, 2.45) is 0 Å². The van der Waals surface area contributed by atoms with Crippen LogP contribution in [0.2, 0.25) is 0 Å². The fourth-order valence-corrected chi connectivity index (χ4v) is 2.31. The van der Waals surface area contributed by atoms with Crippen molar-refractivity contribution in [3.8, 4) is 0 Å². The van der Waals surface area contributed by atoms with Gasteiger partial charge in [0.15, 0.2) is 12.4 Å². The van der Waals surface area contributed by atoms with E-state index in [0.29, 0.717) is 0 Å². The normalized spacial score (nSPS) is 42.6. The molecule has 0 aromatic rings. The van der Waals surface area contributed by atoms with E-state index in [-0.39, 0.29) is 0 Å². The van der Waals surface area contributed by atoms with Gasteiger partial charge in [-0.3, -0.25) is 14.4 Å². The second-order valence-corrected chi connectivity index (χ2v) is 4.72. The summed E-state index contributed by atoms with van der Waals surface area (Å²) in [5, 5.41) is 29.6. The van der Waals surface area contributed by atoms with E-state index in [4.69, 9.17) is 9.47 Å². The standard InChI is InChI=1S/C11H14O9/c1-4(12)18-3-6-7(19-5(2)13)10(16)8(14)11(10,17)9(15)20-6/h6-7,9,15-17H,3H2,1-2H3/t6-,7-,9-,10-,11-/m1/s1. The van der Waals surface area contributed by atoms with Crippen molar-refractivity contribution in [2.75, 3.05) is 6.61 Å². The molecule has 0 radical (unpaired) electrons. The van der Waals surface area contributed by atoms with E-state index in [9.17, 15) is 29.7 Å². The van der Waals surface area contributed by atoms with Gasteiger partial charge in [-0.25, -0.2) is 0 Å². The maximum Gasteiger partial charge on any atom is 0.303 e. The number of fused-ring (bicyclic) bond motifs is 1. The molecule has 1 heterocycles.